The quantitative estimate of drug-likeness (QED) is 0.559. The first kappa shape index (κ1) is 21.2. The normalized spacial score (nSPS) is 10.6. The molecule has 8 heteroatoms. The van der Waals surface area contributed by atoms with Gasteiger partial charge in [0.25, 0.3) is 5.91 Å². The fourth-order valence-electron chi connectivity index (χ4n) is 2.95. The zero-order chi connectivity index (χ0) is 21.5. The van der Waals surface area contributed by atoms with E-state index in [0.29, 0.717) is 19.0 Å². The van der Waals surface area contributed by atoms with Gasteiger partial charge in [0.05, 0.1) is 23.5 Å². The molecule has 3 aromatic rings. The molecule has 0 radical (unpaired) electrons. The molecule has 0 unspecified atom stereocenters. The summed E-state index contributed by atoms with van der Waals surface area (Å²) in [7, 11) is 0. The number of rotatable bonds is 8. The predicted octanol–water partition coefficient (Wildman–Crippen LogP) is 2.94. The van der Waals surface area contributed by atoms with Crippen LogP contribution >= 0.6 is 0 Å². The van der Waals surface area contributed by atoms with Gasteiger partial charge < -0.3 is 10.6 Å². The van der Waals surface area contributed by atoms with Gasteiger partial charge >= 0.3 is 0 Å². The Morgan fingerprint density at radius 3 is 2.57 bits per heavy atom. The van der Waals surface area contributed by atoms with Crippen molar-refractivity contribution < 1.29 is 18.4 Å². The third-order valence-corrected chi connectivity index (χ3v) is 4.55. The number of nitrogens with one attached hydrogen (secondary N) is 2. The molecule has 156 valence electrons. The van der Waals surface area contributed by atoms with E-state index in [1.54, 1.807) is 0 Å². The van der Waals surface area contributed by atoms with E-state index in [9.17, 15) is 18.4 Å². The highest BCUT2D eigenvalue weighted by Gasteiger charge is 2.13. The summed E-state index contributed by atoms with van der Waals surface area (Å²) in [5.74, 6) is -2.90. The summed E-state index contributed by atoms with van der Waals surface area (Å²) in [6.45, 7) is 2.08. The van der Waals surface area contributed by atoms with Crippen LogP contribution in [0, 0.1) is 18.6 Å². The average Bonchev–Trinajstić information content (AvgIpc) is 3.10. The molecule has 6 nitrogen and oxygen atoms in total. The molecule has 2 amide bonds. The van der Waals surface area contributed by atoms with Crippen molar-refractivity contribution in [2.75, 3.05) is 13.1 Å². The molecular formula is C22H22F2N4O2. The lowest BCUT2D eigenvalue weighted by Gasteiger charge is -2.07. The monoisotopic (exact) mass is 412 g/mol. The maximum absolute atomic E-state index is 13.6. The van der Waals surface area contributed by atoms with Crippen LogP contribution in [0.1, 0.15) is 28.0 Å². The molecule has 0 saturated heterocycles. The Labute approximate surface area is 172 Å². The van der Waals surface area contributed by atoms with Gasteiger partial charge in [-0.2, -0.15) is 5.10 Å². The summed E-state index contributed by atoms with van der Waals surface area (Å²) < 4.78 is 28.3. The number of carbonyl (C=O) groups is 2. The molecule has 0 bridgehead atoms. The molecule has 0 atom stereocenters. The minimum atomic E-state index is -0.973. The van der Waals surface area contributed by atoms with Gasteiger partial charge in [0.1, 0.15) is 11.6 Å². The highest BCUT2D eigenvalue weighted by molar-refractivity contribution is 5.96. The van der Waals surface area contributed by atoms with Crippen LogP contribution in [0.15, 0.2) is 54.7 Å². The predicted molar refractivity (Wildman–Crippen MR) is 108 cm³/mol. The minimum absolute atomic E-state index is 0.291. The Balaban J connectivity index is 1.41. The molecule has 30 heavy (non-hydrogen) atoms. The van der Waals surface area contributed by atoms with E-state index >= 15 is 0 Å². The van der Waals surface area contributed by atoms with E-state index in [-0.39, 0.29) is 18.0 Å². The standard InChI is InChI=1S/C22H22F2N4O2/c1-15-16(14-28(27-15)18-7-3-2-4-8-18)6-5-11-25-21(29)13-26-22(30)19-10-9-17(23)12-20(19)24/h2-4,7-10,12,14H,5-6,11,13H2,1H3,(H,25,29)(H,26,30). The second-order valence-corrected chi connectivity index (χ2v) is 6.78. The third kappa shape index (κ3) is 5.50. The zero-order valence-corrected chi connectivity index (χ0v) is 16.5. The Kier molecular flexibility index (Phi) is 6.90. The Morgan fingerprint density at radius 1 is 1.07 bits per heavy atom. The Hall–Kier alpha value is -3.55. The van der Waals surface area contributed by atoms with Gasteiger partial charge in [-0.05, 0) is 49.6 Å². The van der Waals surface area contributed by atoms with E-state index in [0.717, 1.165) is 35.5 Å². The van der Waals surface area contributed by atoms with Crippen molar-refractivity contribution >= 4 is 11.8 Å². The lowest BCUT2D eigenvalue weighted by molar-refractivity contribution is -0.120. The van der Waals surface area contributed by atoms with Gasteiger partial charge in [0.2, 0.25) is 5.91 Å². The van der Waals surface area contributed by atoms with Crippen LogP contribution < -0.4 is 10.6 Å². The smallest absolute Gasteiger partial charge is 0.254 e. The fourth-order valence-corrected chi connectivity index (χ4v) is 2.95. The molecule has 0 saturated carbocycles. The maximum atomic E-state index is 13.6. The van der Waals surface area contributed by atoms with Gasteiger partial charge in [-0.25, -0.2) is 13.5 Å². The lowest BCUT2D eigenvalue weighted by atomic mass is 10.1. The number of amides is 2. The molecule has 0 aliphatic rings. The summed E-state index contributed by atoms with van der Waals surface area (Å²) in [6, 6.07) is 12.4. The number of aryl methyl sites for hydroxylation is 2. The summed E-state index contributed by atoms with van der Waals surface area (Å²) in [6.07, 6.45) is 3.42. The topological polar surface area (TPSA) is 76.0 Å². The maximum Gasteiger partial charge on any atom is 0.254 e. The molecule has 0 aliphatic heterocycles. The lowest BCUT2D eigenvalue weighted by Crippen LogP contribution is -2.37. The molecule has 2 N–H and O–H groups in total. The molecule has 2 aromatic carbocycles. The van der Waals surface area contributed by atoms with Gasteiger partial charge in [-0.3, -0.25) is 9.59 Å². The molecule has 0 fully saturated rings. The molecule has 0 spiro atoms. The number of hydrogen-bond donors (Lipinski definition) is 2. The van der Waals surface area contributed by atoms with Crippen LogP contribution in [0.4, 0.5) is 8.78 Å². The van der Waals surface area contributed by atoms with E-state index in [2.05, 4.69) is 15.7 Å². The highest BCUT2D eigenvalue weighted by Crippen LogP contribution is 2.13. The third-order valence-electron chi connectivity index (χ3n) is 4.55. The molecule has 0 aliphatic carbocycles. The fraction of sp³-hybridized carbons (Fsp3) is 0.227. The zero-order valence-electron chi connectivity index (χ0n) is 16.5. The molecule has 1 heterocycles. The Morgan fingerprint density at radius 2 is 1.83 bits per heavy atom. The SMILES string of the molecule is Cc1nn(-c2ccccc2)cc1CCCNC(=O)CNC(=O)c1ccc(F)cc1F. The summed E-state index contributed by atoms with van der Waals surface area (Å²) in [4.78, 5) is 23.8. The van der Waals surface area contributed by atoms with Crippen LogP contribution in [0.2, 0.25) is 0 Å². The first-order valence-electron chi connectivity index (χ1n) is 9.54. The number of halogens is 2. The van der Waals surface area contributed by atoms with E-state index in [1.165, 1.54) is 0 Å². The van der Waals surface area contributed by atoms with Crippen molar-refractivity contribution in [3.63, 3.8) is 0 Å². The summed E-state index contributed by atoms with van der Waals surface area (Å²) in [5, 5.41) is 9.54. The molecular weight excluding hydrogens is 390 g/mol. The van der Waals surface area contributed by atoms with Crippen molar-refractivity contribution in [3.8, 4) is 5.69 Å². The largest absolute Gasteiger partial charge is 0.355 e. The van der Waals surface area contributed by atoms with Crippen molar-refractivity contribution in [1.82, 2.24) is 20.4 Å². The number of hydrogen-bond acceptors (Lipinski definition) is 3. The summed E-state index contributed by atoms with van der Waals surface area (Å²) >= 11 is 0. The van der Waals surface area contributed by atoms with E-state index < -0.39 is 17.5 Å². The van der Waals surface area contributed by atoms with Gasteiger partial charge in [0, 0.05) is 18.8 Å². The number of benzene rings is 2. The minimum Gasteiger partial charge on any atom is -0.355 e. The number of carbonyl (C=O) groups excluding carboxylic acids is 2. The second-order valence-electron chi connectivity index (χ2n) is 6.78. The molecule has 1 aromatic heterocycles. The second kappa shape index (κ2) is 9.78. The van der Waals surface area contributed by atoms with Crippen molar-refractivity contribution in [1.29, 1.82) is 0 Å². The van der Waals surface area contributed by atoms with Crippen LogP contribution in [0.5, 0.6) is 0 Å². The van der Waals surface area contributed by atoms with Gasteiger partial charge in [0.15, 0.2) is 0 Å². The van der Waals surface area contributed by atoms with Gasteiger partial charge in [-0.1, -0.05) is 18.2 Å². The summed E-state index contributed by atoms with van der Waals surface area (Å²) in [5.41, 5.74) is 2.69. The van der Waals surface area contributed by atoms with E-state index in [1.807, 2.05) is 48.1 Å². The van der Waals surface area contributed by atoms with E-state index in [4.69, 9.17) is 0 Å². The van der Waals surface area contributed by atoms with Gasteiger partial charge in [-0.15, -0.1) is 0 Å². The van der Waals surface area contributed by atoms with Crippen LogP contribution in [-0.4, -0.2) is 34.7 Å². The van der Waals surface area contributed by atoms with Crippen LogP contribution in [0.25, 0.3) is 5.69 Å². The van der Waals surface area contributed by atoms with Crippen LogP contribution in [-0.2, 0) is 11.2 Å². The van der Waals surface area contributed by atoms with Crippen molar-refractivity contribution in [2.45, 2.75) is 19.8 Å². The average molecular weight is 412 g/mol. The first-order valence-corrected chi connectivity index (χ1v) is 9.54. The number of para-hydroxylation sites is 1. The van der Waals surface area contributed by atoms with Crippen molar-refractivity contribution in [3.05, 3.63) is 83.2 Å². The molecule has 3 rings (SSSR count). The Bertz CT molecular complexity index is 1030. The van der Waals surface area contributed by atoms with Crippen LogP contribution in [0.3, 0.4) is 0 Å². The number of aromatic nitrogens is 2. The number of nitrogens with zero attached hydrogens (tertiary/aromatic N) is 2. The highest BCUT2D eigenvalue weighted by atomic mass is 19.1. The van der Waals surface area contributed by atoms with Crippen molar-refractivity contribution in [2.24, 2.45) is 0 Å². The first-order chi connectivity index (χ1) is 14.4.